The standard InChI is InChI=1S/C30H30N4O3S/c1-19-17-25(20(2)34(19)23-12-10-22(11-13-23)29(35)37-4)28-27(26-7-5-6-16-31-26)32-30(38)33(28)18-21-8-14-24(36-3)15-9-21/h5-17,27-28H,18H2,1-4H3,(H,32,38)/t27-,28-/m1/s1. The van der Waals surface area contributed by atoms with E-state index < -0.39 is 0 Å². The van der Waals surface area contributed by atoms with Crippen molar-refractivity contribution in [1.29, 1.82) is 0 Å². The molecule has 0 aliphatic carbocycles. The number of nitrogens with zero attached hydrogens (tertiary/aromatic N) is 3. The number of rotatable bonds is 7. The number of pyridine rings is 1. The van der Waals surface area contributed by atoms with E-state index in [0.717, 1.165) is 39.6 Å². The van der Waals surface area contributed by atoms with Crippen molar-refractivity contribution in [2.75, 3.05) is 14.2 Å². The fraction of sp³-hybridized carbons (Fsp3) is 0.233. The highest BCUT2D eigenvalue weighted by Crippen LogP contribution is 2.42. The van der Waals surface area contributed by atoms with Gasteiger partial charge in [0.15, 0.2) is 5.11 Å². The molecule has 1 N–H and O–H groups in total. The van der Waals surface area contributed by atoms with E-state index in [4.69, 9.17) is 21.7 Å². The molecule has 1 fully saturated rings. The van der Waals surface area contributed by atoms with Gasteiger partial charge in [-0.1, -0.05) is 18.2 Å². The van der Waals surface area contributed by atoms with Gasteiger partial charge in [0, 0.05) is 29.8 Å². The summed E-state index contributed by atoms with van der Waals surface area (Å²) in [6.45, 7) is 4.86. The third kappa shape index (κ3) is 4.75. The zero-order chi connectivity index (χ0) is 26.8. The Morgan fingerprint density at radius 1 is 1.03 bits per heavy atom. The van der Waals surface area contributed by atoms with E-state index in [9.17, 15) is 4.79 Å². The number of esters is 1. The van der Waals surface area contributed by atoms with Crippen molar-refractivity contribution in [3.63, 3.8) is 0 Å². The molecule has 0 radical (unpaired) electrons. The summed E-state index contributed by atoms with van der Waals surface area (Å²) < 4.78 is 12.4. The van der Waals surface area contributed by atoms with Gasteiger partial charge in [-0.15, -0.1) is 0 Å². The van der Waals surface area contributed by atoms with Crippen LogP contribution in [0.4, 0.5) is 0 Å². The molecule has 0 unspecified atom stereocenters. The summed E-state index contributed by atoms with van der Waals surface area (Å²) >= 11 is 5.88. The number of aromatic nitrogens is 2. The van der Waals surface area contributed by atoms with Gasteiger partial charge in [0.1, 0.15) is 5.75 Å². The average Bonchev–Trinajstić information content (AvgIpc) is 3.43. The van der Waals surface area contributed by atoms with Crippen molar-refractivity contribution in [1.82, 2.24) is 19.8 Å². The molecular weight excluding hydrogens is 496 g/mol. The molecule has 0 saturated carbocycles. The summed E-state index contributed by atoms with van der Waals surface area (Å²) in [5, 5.41) is 4.23. The Hall–Kier alpha value is -4.17. The Morgan fingerprint density at radius 3 is 2.39 bits per heavy atom. The molecule has 1 saturated heterocycles. The smallest absolute Gasteiger partial charge is 0.337 e. The maximum Gasteiger partial charge on any atom is 0.337 e. The lowest BCUT2D eigenvalue weighted by atomic mass is 9.96. The monoisotopic (exact) mass is 526 g/mol. The van der Waals surface area contributed by atoms with E-state index in [1.165, 1.54) is 7.11 Å². The van der Waals surface area contributed by atoms with Crippen LogP contribution < -0.4 is 10.1 Å². The van der Waals surface area contributed by atoms with Gasteiger partial charge in [0.25, 0.3) is 0 Å². The molecule has 2 aromatic carbocycles. The molecule has 1 aliphatic rings. The molecule has 194 valence electrons. The highest BCUT2D eigenvalue weighted by atomic mass is 32.1. The first-order valence-electron chi connectivity index (χ1n) is 12.4. The molecule has 8 heteroatoms. The van der Waals surface area contributed by atoms with Crippen molar-refractivity contribution in [3.05, 3.63) is 113 Å². The fourth-order valence-electron chi connectivity index (χ4n) is 5.19. The van der Waals surface area contributed by atoms with Crippen LogP contribution in [-0.2, 0) is 11.3 Å². The molecule has 38 heavy (non-hydrogen) atoms. The Bertz CT molecular complexity index is 1450. The van der Waals surface area contributed by atoms with E-state index in [2.05, 4.69) is 51.8 Å². The van der Waals surface area contributed by atoms with Crippen LogP contribution in [0.15, 0.2) is 79.0 Å². The second kappa shape index (κ2) is 10.7. The second-order valence-corrected chi connectivity index (χ2v) is 9.69. The zero-order valence-corrected chi connectivity index (χ0v) is 22.7. The van der Waals surface area contributed by atoms with Crippen LogP contribution in [-0.4, -0.2) is 39.8 Å². The minimum atomic E-state index is -0.351. The van der Waals surface area contributed by atoms with Gasteiger partial charge in [-0.25, -0.2) is 4.79 Å². The molecule has 2 aromatic heterocycles. The first-order valence-corrected chi connectivity index (χ1v) is 12.8. The minimum absolute atomic E-state index is 0.0752. The number of hydrogen-bond acceptors (Lipinski definition) is 5. The summed E-state index contributed by atoms with van der Waals surface area (Å²) in [4.78, 5) is 18.8. The summed E-state index contributed by atoms with van der Waals surface area (Å²) in [6.07, 6.45) is 1.81. The molecule has 7 nitrogen and oxygen atoms in total. The topological polar surface area (TPSA) is 68.6 Å². The van der Waals surface area contributed by atoms with Gasteiger partial charge >= 0.3 is 5.97 Å². The average molecular weight is 527 g/mol. The largest absolute Gasteiger partial charge is 0.497 e. The molecule has 4 aromatic rings. The highest BCUT2D eigenvalue weighted by molar-refractivity contribution is 7.80. The number of aryl methyl sites for hydroxylation is 1. The van der Waals surface area contributed by atoms with E-state index in [1.807, 2.05) is 48.7 Å². The summed E-state index contributed by atoms with van der Waals surface area (Å²) in [5.41, 5.74) is 6.92. The number of carbonyl (C=O) groups excluding carboxylic acids is 1. The number of carbonyl (C=O) groups is 1. The van der Waals surface area contributed by atoms with Crippen molar-refractivity contribution in [2.24, 2.45) is 0 Å². The number of nitrogens with one attached hydrogen (secondary N) is 1. The third-order valence-corrected chi connectivity index (χ3v) is 7.40. The summed E-state index contributed by atoms with van der Waals surface area (Å²) in [5.74, 6) is 0.469. The molecule has 3 heterocycles. The SMILES string of the molecule is COC(=O)c1ccc(-n2c(C)cc([C@@H]3[C@@H](c4ccccn4)NC(=S)N3Cc3ccc(OC)cc3)c2C)cc1. The lowest BCUT2D eigenvalue weighted by Gasteiger charge is -2.28. The van der Waals surface area contributed by atoms with E-state index in [-0.39, 0.29) is 18.1 Å². The highest BCUT2D eigenvalue weighted by Gasteiger charge is 2.41. The van der Waals surface area contributed by atoms with Gasteiger partial charge in [0.05, 0.1) is 37.6 Å². The van der Waals surface area contributed by atoms with Crippen LogP contribution in [0.25, 0.3) is 5.69 Å². The van der Waals surface area contributed by atoms with Crippen molar-refractivity contribution >= 4 is 23.3 Å². The molecule has 0 spiro atoms. The third-order valence-electron chi connectivity index (χ3n) is 7.05. The second-order valence-electron chi connectivity index (χ2n) is 9.30. The molecule has 1 aliphatic heterocycles. The van der Waals surface area contributed by atoms with Crippen LogP contribution in [0.5, 0.6) is 5.75 Å². The number of hydrogen-bond donors (Lipinski definition) is 1. The van der Waals surface area contributed by atoms with Gasteiger partial charge < -0.3 is 24.3 Å². The maximum atomic E-state index is 11.9. The van der Waals surface area contributed by atoms with Crippen LogP contribution in [0, 0.1) is 13.8 Å². The predicted molar refractivity (Wildman–Crippen MR) is 151 cm³/mol. The van der Waals surface area contributed by atoms with Gasteiger partial charge in [-0.2, -0.15) is 0 Å². The molecule has 5 rings (SSSR count). The van der Waals surface area contributed by atoms with Gasteiger partial charge in [-0.05, 0) is 91.8 Å². The lowest BCUT2D eigenvalue weighted by molar-refractivity contribution is 0.0600. The lowest BCUT2D eigenvalue weighted by Crippen LogP contribution is -2.29. The number of ether oxygens (including phenoxy) is 2. The molecular formula is C30H30N4O3S. The van der Waals surface area contributed by atoms with Crippen LogP contribution in [0.3, 0.4) is 0 Å². The number of benzene rings is 2. The quantitative estimate of drug-likeness (QED) is 0.253. The van der Waals surface area contributed by atoms with Gasteiger partial charge in [0.2, 0.25) is 0 Å². The first-order chi connectivity index (χ1) is 18.4. The van der Waals surface area contributed by atoms with E-state index in [0.29, 0.717) is 17.2 Å². The summed E-state index contributed by atoms with van der Waals surface area (Å²) in [6, 6.07) is 23.5. The van der Waals surface area contributed by atoms with E-state index >= 15 is 0 Å². The normalized spacial score (nSPS) is 16.8. The fourth-order valence-corrected chi connectivity index (χ4v) is 5.50. The Balaban J connectivity index is 1.56. The first kappa shape index (κ1) is 25.5. The predicted octanol–water partition coefficient (Wildman–Crippen LogP) is 5.46. The Kier molecular flexibility index (Phi) is 7.15. The van der Waals surface area contributed by atoms with E-state index in [1.54, 1.807) is 19.2 Å². The van der Waals surface area contributed by atoms with Crippen molar-refractivity contribution in [2.45, 2.75) is 32.5 Å². The number of thiocarbonyl (C=S) groups is 1. The Morgan fingerprint density at radius 2 is 1.76 bits per heavy atom. The minimum Gasteiger partial charge on any atom is -0.497 e. The molecule has 0 bridgehead atoms. The van der Waals surface area contributed by atoms with Crippen LogP contribution in [0.1, 0.15) is 50.7 Å². The van der Waals surface area contributed by atoms with Crippen LogP contribution in [0.2, 0.25) is 0 Å². The zero-order valence-electron chi connectivity index (χ0n) is 21.8. The van der Waals surface area contributed by atoms with Crippen molar-refractivity contribution < 1.29 is 14.3 Å². The Labute approximate surface area is 228 Å². The number of methoxy groups -OCH3 is 2. The van der Waals surface area contributed by atoms with Crippen molar-refractivity contribution in [3.8, 4) is 11.4 Å². The van der Waals surface area contributed by atoms with Crippen LogP contribution >= 0.6 is 12.2 Å². The molecule has 2 atom stereocenters. The summed E-state index contributed by atoms with van der Waals surface area (Å²) in [7, 11) is 3.05. The maximum absolute atomic E-state index is 11.9. The molecule has 0 amide bonds. The van der Waals surface area contributed by atoms with Gasteiger partial charge in [-0.3, -0.25) is 4.98 Å².